The van der Waals surface area contributed by atoms with Crippen molar-refractivity contribution in [3.8, 4) is 6.07 Å². The second-order valence-electron chi connectivity index (χ2n) is 8.92. The van der Waals surface area contributed by atoms with Crippen LogP contribution in [0.25, 0.3) is 0 Å². The first kappa shape index (κ1) is 23.7. The van der Waals surface area contributed by atoms with E-state index in [1.54, 1.807) is 18.5 Å². The third-order valence-corrected chi connectivity index (χ3v) is 6.68. The van der Waals surface area contributed by atoms with Crippen LogP contribution >= 0.6 is 0 Å². The maximum Gasteiger partial charge on any atom is 0.269 e. The lowest BCUT2D eigenvalue weighted by molar-refractivity contribution is -0.134. The Morgan fingerprint density at radius 3 is 2.88 bits per heavy atom. The van der Waals surface area contributed by atoms with Crippen molar-refractivity contribution in [3.63, 3.8) is 0 Å². The van der Waals surface area contributed by atoms with E-state index in [0.717, 1.165) is 30.9 Å². The lowest BCUT2D eigenvalue weighted by Crippen LogP contribution is -2.54. The number of aromatic nitrogens is 3. The molecule has 4 heterocycles. The minimum Gasteiger partial charge on any atom is -0.379 e. The van der Waals surface area contributed by atoms with E-state index >= 15 is 0 Å². The van der Waals surface area contributed by atoms with Crippen LogP contribution in [0.3, 0.4) is 0 Å². The highest BCUT2D eigenvalue weighted by Crippen LogP contribution is 2.26. The highest BCUT2D eigenvalue weighted by atomic mass is 16.5. The number of amides is 1. The van der Waals surface area contributed by atoms with Crippen molar-refractivity contribution in [2.24, 2.45) is 0 Å². The normalized spacial score (nSPS) is 20.4. The number of ether oxygens (including phenoxy) is 1. The molecule has 2 atom stereocenters. The molecular formula is C24H31N7O3. The van der Waals surface area contributed by atoms with E-state index in [1.807, 2.05) is 24.8 Å². The quantitative estimate of drug-likeness (QED) is 0.611. The minimum atomic E-state index is -0.168. The molecule has 2 aliphatic rings. The molecule has 1 amide bonds. The monoisotopic (exact) mass is 465 g/mol. The van der Waals surface area contributed by atoms with Crippen molar-refractivity contribution in [2.45, 2.75) is 45.2 Å². The van der Waals surface area contributed by atoms with Gasteiger partial charge in [0, 0.05) is 44.0 Å². The molecule has 2 aliphatic heterocycles. The number of H-pyrrole nitrogens is 1. The molecule has 34 heavy (non-hydrogen) atoms. The summed E-state index contributed by atoms with van der Waals surface area (Å²) in [6.45, 7) is 7.66. The third-order valence-electron chi connectivity index (χ3n) is 6.68. The summed E-state index contributed by atoms with van der Waals surface area (Å²) in [6, 6.07) is 5.94. The fourth-order valence-electron chi connectivity index (χ4n) is 4.76. The Bertz CT molecular complexity index is 1090. The number of nitrogens with zero attached hydrogens (tertiary/aromatic N) is 6. The first-order valence-corrected chi connectivity index (χ1v) is 11.8. The molecule has 1 N–H and O–H groups in total. The Labute approximate surface area is 199 Å². The molecule has 0 aromatic carbocycles. The summed E-state index contributed by atoms with van der Waals surface area (Å²) >= 11 is 0. The van der Waals surface area contributed by atoms with Crippen LogP contribution in [0.15, 0.2) is 29.3 Å². The van der Waals surface area contributed by atoms with Crippen molar-refractivity contribution in [1.82, 2.24) is 20.1 Å². The number of rotatable bonds is 7. The first-order valence-electron chi connectivity index (χ1n) is 11.8. The number of nitrogens with one attached hydrogen (secondary N) is 1. The van der Waals surface area contributed by atoms with Crippen molar-refractivity contribution < 1.29 is 9.53 Å². The van der Waals surface area contributed by atoms with Crippen LogP contribution in [-0.2, 0) is 9.53 Å². The number of hydrogen-bond donors (Lipinski definition) is 1. The van der Waals surface area contributed by atoms with Gasteiger partial charge in [0.2, 0.25) is 5.91 Å². The van der Waals surface area contributed by atoms with Gasteiger partial charge in [0.1, 0.15) is 11.9 Å². The summed E-state index contributed by atoms with van der Waals surface area (Å²) in [5, 5.41) is 15.4. The highest BCUT2D eigenvalue weighted by molar-refractivity contribution is 5.77. The van der Waals surface area contributed by atoms with Gasteiger partial charge in [0.05, 0.1) is 43.1 Å². The smallest absolute Gasteiger partial charge is 0.269 e. The van der Waals surface area contributed by atoms with Gasteiger partial charge in [-0.05, 0) is 38.8 Å². The van der Waals surface area contributed by atoms with Gasteiger partial charge in [0.25, 0.3) is 5.56 Å². The van der Waals surface area contributed by atoms with Crippen LogP contribution in [0.1, 0.15) is 37.3 Å². The number of anilines is 2. The van der Waals surface area contributed by atoms with E-state index in [-0.39, 0.29) is 23.6 Å². The second-order valence-corrected chi connectivity index (χ2v) is 8.92. The van der Waals surface area contributed by atoms with Crippen molar-refractivity contribution in [2.75, 3.05) is 49.2 Å². The molecule has 0 spiro atoms. The first-order chi connectivity index (χ1) is 16.5. The zero-order valence-corrected chi connectivity index (χ0v) is 19.7. The largest absolute Gasteiger partial charge is 0.379 e. The van der Waals surface area contributed by atoms with Gasteiger partial charge in [-0.15, -0.1) is 0 Å². The topological polar surface area (TPSA) is 118 Å². The number of piperazine rings is 1. The van der Waals surface area contributed by atoms with Crippen molar-refractivity contribution in [3.05, 3.63) is 46.0 Å². The molecular weight excluding hydrogens is 434 g/mol. The number of pyridine rings is 1. The maximum absolute atomic E-state index is 12.8. The third kappa shape index (κ3) is 5.20. The van der Waals surface area contributed by atoms with Crippen molar-refractivity contribution >= 4 is 17.4 Å². The Balaban J connectivity index is 1.23. The summed E-state index contributed by atoms with van der Waals surface area (Å²) in [4.78, 5) is 35.3. The van der Waals surface area contributed by atoms with Gasteiger partial charge in [-0.2, -0.15) is 10.4 Å². The fourth-order valence-corrected chi connectivity index (χ4v) is 4.76. The number of hydrogen-bond acceptors (Lipinski definition) is 8. The van der Waals surface area contributed by atoms with E-state index in [0.29, 0.717) is 50.4 Å². The molecule has 0 bridgehead atoms. The Hall–Kier alpha value is -3.45. The average molecular weight is 466 g/mol. The number of nitriles is 1. The molecule has 0 aliphatic carbocycles. The highest BCUT2D eigenvalue weighted by Gasteiger charge is 2.29. The number of carbonyl (C=O) groups excluding carboxylic acids is 1. The Morgan fingerprint density at radius 1 is 1.29 bits per heavy atom. The van der Waals surface area contributed by atoms with Gasteiger partial charge < -0.3 is 19.4 Å². The maximum atomic E-state index is 12.8. The van der Waals surface area contributed by atoms with E-state index in [4.69, 9.17) is 10.00 Å². The summed E-state index contributed by atoms with van der Waals surface area (Å²) in [5.74, 6) is 0.922. The number of aromatic amines is 1. The lowest BCUT2D eigenvalue weighted by Gasteiger charge is -2.40. The van der Waals surface area contributed by atoms with E-state index < -0.39 is 0 Å². The predicted molar refractivity (Wildman–Crippen MR) is 128 cm³/mol. The van der Waals surface area contributed by atoms with E-state index in [1.165, 1.54) is 0 Å². The molecule has 2 fully saturated rings. The predicted octanol–water partition coefficient (Wildman–Crippen LogP) is 1.46. The minimum absolute atomic E-state index is 0.0654. The van der Waals surface area contributed by atoms with Crippen LogP contribution in [0.5, 0.6) is 0 Å². The second kappa shape index (κ2) is 10.7. The molecule has 0 radical (unpaired) electrons. The van der Waals surface area contributed by atoms with Crippen LogP contribution in [0.4, 0.5) is 11.5 Å². The Kier molecular flexibility index (Phi) is 7.43. The molecule has 180 valence electrons. The summed E-state index contributed by atoms with van der Waals surface area (Å²) < 4.78 is 5.91. The van der Waals surface area contributed by atoms with Crippen molar-refractivity contribution in [1.29, 1.82) is 5.26 Å². The molecule has 10 heteroatoms. The van der Waals surface area contributed by atoms with Crippen LogP contribution in [0.2, 0.25) is 0 Å². The van der Waals surface area contributed by atoms with Gasteiger partial charge in [-0.25, -0.2) is 10.1 Å². The van der Waals surface area contributed by atoms with Gasteiger partial charge in [0.15, 0.2) is 0 Å². The number of carbonyl (C=O) groups is 1. The molecule has 2 aromatic heterocycles. The van der Waals surface area contributed by atoms with Gasteiger partial charge in [-0.1, -0.05) is 0 Å². The SMILES string of the molecule is Cc1c(N2CCC[C@H]2COCCC(=O)N2CCN(c3ccc(C#N)cn3)C[C@H]2C)cn[nH]c1=O. The zero-order valence-electron chi connectivity index (χ0n) is 19.7. The lowest BCUT2D eigenvalue weighted by atomic mass is 10.1. The van der Waals surface area contributed by atoms with Gasteiger partial charge >= 0.3 is 0 Å². The fraction of sp³-hybridized carbons (Fsp3) is 0.542. The summed E-state index contributed by atoms with van der Waals surface area (Å²) in [7, 11) is 0. The zero-order chi connectivity index (χ0) is 24.1. The molecule has 0 saturated carbocycles. The Morgan fingerprint density at radius 2 is 2.15 bits per heavy atom. The molecule has 10 nitrogen and oxygen atoms in total. The van der Waals surface area contributed by atoms with Crippen LogP contribution in [0, 0.1) is 18.3 Å². The average Bonchev–Trinajstić information content (AvgIpc) is 3.31. The summed E-state index contributed by atoms with van der Waals surface area (Å²) in [6.07, 6.45) is 5.65. The molecule has 4 rings (SSSR count). The molecule has 2 aromatic rings. The standard InChI is InChI=1S/C24H31N7O3/c1-17-15-29(22-6-5-19(12-25)13-26-22)9-10-30(17)23(32)7-11-34-16-20-4-3-8-31(20)21-14-27-28-24(33)18(21)2/h5-6,13-14,17,20H,3-4,7-11,15-16H2,1-2H3,(H,28,33)/t17-,20+/m1/s1. The van der Waals surface area contributed by atoms with Gasteiger partial charge in [-0.3, -0.25) is 9.59 Å². The van der Waals surface area contributed by atoms with E-state index in [2.05, 4.69) is 31.1 Å². The van der Waals surface area contributed by atoms with Crippen LogP contribution < -0.4 is 15.4 Å². The molecule has 2 saturated heterocycles. The van der Waals surface area contributed by atoms with Crippen LogP contribution in [-0.4, -0.2) is 77.5 Å². The molecule has 0 unspecified atom stereocenters. The van der Waals surface area contributed by atoms with E-state index in [9.17, 15) is 9.59 Å². The summed E-state index contributed by atoms with van der Waals surface area (Å²) in [5.41, 5.74) is 1.89.